The zero-order chi connectivity index (χ0) is 32.2. The molecule has 0 fully saturated rings. The van der Waals surface area contributed by atoms with E-state index in [-0.39, 0.29) is 23.6 Å². The Balaban J connectivity index is 1.54. The Morgan fingerprint density at radius 2 is 1.49 bits per heavy atom. The number of aliphatic carboxylic acids is 1. The number of alkyl halides is 3. The number of amides is 2. The lowest BCUT2D eigenvalue weighted by atomic mass is 10.1. The number of carbonyl (C=O) groups excluding carboxylic acids is 2. The zero-order valence-electron chi connectivity index (χ0n) is 23.8. The SMILES string of the molecule is O=C(N[C@@H](CSCc1ccccc1)C(=O)O)C(=Cc1cccc(OCc2ccccc2)c1)NC(=O)c1ccc(C(F)(F)F)cc1. The topological polar surface area (TPSA) is 105 Å². The minimum absolute atomic E-state index is 0.0406. The van der Waals surface area contributed by atoms with Crippen LogP contribution < -0.4 is 15.4 Å². The molecule has 7 nitrogen and oxygen atoms in total. The van der Waals surface area contributed by atoms with Crippen LogP contribution in [0.4, 0.5) is 13.2 Å². The highest BCUT2D eigenvalue weighted by molar-refractivity contribution is 7.98. The summed E-state index contributed by atoms with van der Waals surface area (Å²) in [6.45, 7) is 0.285. The molecule has 0 heterocycles. The molecule has 4 rings (SSSR count). The summed E-state index contributed by atoms with van der Waals surface area (Å²) in [6, 6.07) is 27.7. The molecule has 232 valence electrons. The normalized spacial score (nSPS) is 12.2. The second-order valence-corrected chi connectivity index (χ2v) is 10.8. The molecule has 2 amide bonds. The first kappa shape index (κ1) is 32.9. The van der Waals surface area contributed by atoms with E-state index in [1.165, 1.54) is 17.8 Å². The van der Waals surface area contributed by atoms with Crippen LogP contribution >= 0.6 is 11.8 Å². The molecule has 1 atom stereocenters. The van der Waals surface area contributed by atoms with Crippen LogP contribution in [0, 0.1) is 0 Å². The molecule has 0 spiro atoms. The number of ether oxygens (including phenoxy) is 1. The summed E-state index contributed by atoms with van der Waals surface area (Å²) >= 11 is 1.31. The van der Waals surface area contributed by atoms with Gasteiger partial charge in [0, 0.05) is 17.1 Å². The highest BCUT2D eigenvalue weighted by atomic mass is 32.2. The van der Waals surface area contributed by atoms with Gasteiger partial charge in [0.05, 0.1) is 5.56 Å². The molecule has 0 radical (unpaired) electrons. The van der Waals surface area contributed by atoms with Gasteiger partial charge in [-0.1, -0.05) is 72.8 Å². The number of nitrogens with one attached hydrogen (secondary N) is 2. The van der Waals surface area contributed by atoms with Crippen molar-refractivity contribution in [3.8, 4) is 5.75 Å². The summed E-state index contributed by atoms with van der Waals surface area (Å²) in [5.74, 6) is -1.98. The van der Waals surface area contributed by atoms with Crippen molar-refractivity contribution in [2.45, 2.75) is 24.6 Å². The van der Waals surface area contributed by atoms with Crippen molar-refractivity contribution >= 4 is 35.6 Å². The molecule has 11 heteroatoms. The Morgan fingerprint density at radius 1 is 0.844 bits per heavy atom. The maximum Gasteiger partial charge on any atom is 0.416 e. The molecule has 0 aliphatic carbocycles. The molecule has 0 unspecified atom stereocenters. The van der Waals surface area contributed by atoms with Gasteiger partial charge in [-0.25, -0.2) is 4.79 Å². The lowest BCUT2D eigenvalue weighted by Gasteiger charge is -2.17. The fourth-order valence-electron chi connectivity index (χ4n) is 4.04. The summed E-state index contributed by atoms with van der Waals surface area (Å²) in [5, 5.41) is 14.7. The van der Waals surface area contributed by atoms with Crippen molar-refractivity contribution in [3.63, 3.8) is 0 Å². The fraction of sp³-hybridized carbons (Fsp3) is 0.147. The van der Waals surface area contributed by atoms with Crippen LogP contribution in [-0.4, -0.2) is 34.7 Å². The maximum absolute atomic E-state index is 13.4. The van der Waals surface area contributed by atoms with Crippen molar-refractivity contribution < 1.29 is 37.4 Å². The zero-order valence-corrected chi connectivity index (χ0v) is 24.6. The van der Waals surface area contributed by atoms with Crippen LogP contribution in [-0.2, 0) is 28.1 Å². The number of thioether (sulfide) groups is 1. The third-order valence-electron chi connectivity index (χ3n) is 6.38. The van der Waals surface area contributed by atoms with E-state index in [9.17, 15) is 32.7 Å². The van der Waals surface area contributed by atoms with E-state index in [4.69, 9.17) is 4.74 Å². The van der Waals surface area contributed by atoms with Gasteiger partial charge in [-0.15, -0.1) is 0 Å². The Hall–Kier alpha value is -5.03. The summed E-state index contributed by atoms with van der Waals surface area (Å²) in [7, 11) is 0. The Bertz CT molecular complexity index is 1630. The number of rotatable bonds is 13. The van der Waals surface area contributed by atoms with Gasteiger partial charge in [0.2, 0.25) is 0 Å². The van der Waals surface area contributed by atoms with Crippen molar-refractivity contribution in [1.29, 1.82) is 0 Å². The molecule has 0 aliphatic heterocycles. The molecule has 4 aromatic carbocycles. The highest BCUT2D eigenvalue weighted by Gasteiger charge is 2.30. The first-order valence-electron chi connectivity index (χ1n) is 13.7. The predicted molar refractivity (Wildman–Crippen MR) is 166 cm³/mol. The summed E-state index contributed by atoms with van der Waals surface area (Å²) in [4.78, 5) is 38.4. The van der Waals surface area contributed by atoms with Gasteiger partial charge in [0.1, 0.15) is 24.1 Å². The molecule has 0 aromatic heterocycles. The molecule has 0 saturated heterocycles. The van der Waals surface area contributed by atoms with E-state index in [0.29, 0.717) is 17.1 Å². The largest absolute Gasteiger partial charge is 0.489 e. The van der Waals surface area contributed by atoms with E-state index in [2.05, 4.69) is 10.6 Å². The van der Waals surface area contributed by atoms with E-state index >= 15 is 0 Å². The molecule has 0 bridgehead atoms. The number of halogens is 3. The van der Waals surface area contributed by atoms with Gasteiger partial charge >= 0.3 is 12.1 Å². The third kappa shape index (κ3) is 10.3. The van der Waals surface area contributed by atoms with E-state index in [1.54, 1.807) is 24.3 Å². The third-order valence-corrected chi connectivity index (χ3v) is 7.49. The second-order valence-electron chi connectivity index (χ2n) is 9.80. The van der Waals surface area contributed by atoms with Gasteiger partial charge in [0.15, 0.2) is 0 Å². The predicted octanol–water partition coefficient (Wildman–Crippen LogP) is 6.56. The van der Waals surface area contributed by atoms with Crippen LogP contribution in [0.5, 0.6) is 5.75 Å². The minimum atomic E-state index is -4.59. The summed E-state index contributed by atoms with van der Waals surface area (Å²) in [6.07, 6.45) is -3.25. The van der Waals surface area contributed by atoms with Gasteiger partial charge < -0.3 is 20.5 Å². The number of carboxylic acids is 1. The molecule has 45 heavy (non-hydrogen) atoms. The van der Waals surface area contributed by atoms with Gasteiger partial charge in [-0.2, -0.15) is 24.9 Å². The van der Waals surface area contributed by atoms with Gasteiger partial charge in [-0.05, 0) is 59.2 Å². The second kappa shape index (κ2) is 15.6. The van der Waals surface area contributed by atoms with Crippen LogP contribution in [0.25, 0.3) is 6.08 Å². The minimum Gasteiger partial charge on any atom is -0.489 e. The average Bonchev–Trinajstić information content (AvgIpc) is 3.03. The lowest BCUT2D eigenvalue weighted by Crippen LogP contribution is -2.45. The number of benzene rings is 4. The van der Waals surface area contributed by atoms with Crippen molar-refractivity contribution in [2.75, 3.05) is 5.75 Å². The molecule has 0 saturated carbocycles. The number of hydrogen-bond donors (Lipinski definition) is 3. The van der Waals surface area contributed by atoms with Gasteiger partial charge in [-0.3, -0.25) is 9.59 Å². The first-order valence-corrected chi connectivity index (χ1v) is 14.9. The molecule has 0 aliphatic rings. The summed E-state index contributed by atoms with van der Waals surface area (Å²) < 4.78 is 44.9. The van der Waals surface area contributed by atoms with E-state index in [1.807, 2.05) is 60.7 Å². The van der Waals surface area contributed by atoms with E-state index in [0.717, 1.165) is 35.4 Å². The van der Waals surface area contributed by atoms with Crippen molar-refractivity contribution in [2.24, 2.45) is 0 Å². The Labute approximate surface area is 262 Å². The monoisotopic (exact) mass is 634 g/mol. The number of carboxylic acid groups (broad SMARTS) is 1. The van der Waals surface area contributed by atoms with Crippen LogP contribution in [0.2, 0.25) is 0 Å². The molecule has 4 aromatic rings. The molecular formula is C34H29F3N2O5S. The smallest absolute Gasteiger partial charge is 0.416 e. The number of hydrogen-bond acceptors (Lipinski definition) is 5. The van der Waals surface area contributed by atoms with Crippen LogP contribution in [0.1, 0.15) is 32.6 Å². The summed E-state index contributed by atoms with van der Waals surface area (Å²) in [5.41, 5.74) is 0.999. The lowest BCUT2D eigenvalue weighted by molar-refractivity contribution is -0.140. The van der Waals surface area contributed by atoms with Crippen LogP contribution in [0.15, 0.2) is 115 Å². The standard InChI is InChI=1S/C34H29F3N2O5S/c35-34(36,37)27-16-14-26(15-17-27)31(40)38-29(19-25-12-7-13-28(18-25)44-20-23-8-3-1-4-9-23)32(41)39-30(33(42)43)22-45-21-24-10-5-2-6-11-24/h1-19,30H,20-22H2,(H,38,40)(H,39,41)(H,42,43)/t30-/m0/s1. The Morgan fingerprint density at radius 3 is 2.11 bits per heavy atom. The number of carbonyl (C=O) groups is 3. The quantitative estimate of drug-likeness (QED) is 0.144. The fourth-order valence-corrected chi connectivity index (χ4v) is 5.05. The van der Waals surface area contributed by atoms with Gasteiger partial charge in [0.25, 0.3) is 11.8 Å². The first-order chi connectivity index (χ1) is 21.6. The molecule has 3 N–H and O–H groups in total. The average molecular weight is 635 g/mol. The molecular weight excluding hydrogens is 605 g/mol. The van der Waals surface area contributed by atoms with Crippen molar-refractivity contribution in [1.82, 2.24) is 10.6 Å². The van der Waals surface area contributed by atoms with Crippen molar-refractivity contribution in [3.05, 3.63) is 143 Å². The van der Waals surface area contributed by atoms with E-state index < -0.39 is 35.6 Å². The highest BCUT2D eigenvalue weighted by Crippen LogP contribution is 2.29. The Kier molecular flexibility index (Phi) is 11.4. The maximum atomic E-state index is 13.4. The van der Waals surface area contributed by atoms with Crippen LogP contribution in [0.3, 0.4) is 0 Å².